The van der Waals surface area contributed by atoms with E-state index in [1.54, 1.807) is 36.7 Å². The monoisotopic (exact) mass is 356 g/mol. The van der Waals surface area contributed by atoms with E-state index in [1.807, 2.05) is 19.1 Å². The summed E-state index contributed by atoms with van der Waals surface area (Å²) >= 11 is 0. The molecule has 7 heteroatoms. The van der Waals surface area contributed by atoms with Crippen LogP contribution in [0.5, 0.6) is 0 Å². The van der Waals surface area contributed by atoms with Crippen LogP contribution in [0, 0.1) is 6.92 Å². The van der Waals surface area contributed by atoms with Gasteiger partial charge in [0.1, 0.15) is 0 Å². The lowest BCUT2D eigenvalue weighted by atomic mass is 10.2. The van der Waals surface area contributed by atoms with Crippen molar-refractivity contribution < 1.29 is 8.42 Å². The minimum atomic E-state index is -3.66. The van der Waals surface area contributed by atoms with Gasteiger partial charge in [-0.25, -0.2) is 17.4 Å². The summed E-state index contributed by atoms with van der Waals surface area (Å²) in [5.74, 6) is 0. The number of rotatable bonds is 3. The summed E-state index contributed by atoms with van der Waals surface area (Å²) in [7, 11) is -3.66. The highest BCUT2D eigenvalue weighted by Gasteiger charge is 2.22. The van der Waals surface area contributed by atoms with E-state index in [0.717, 1.165) is 42.8 Å². The second-order valence-electron chi connectivity index (χ2n) is 6.23. The van der Waals surface area contributed by atoms with Crippen LogP contribution in [0.25, 0.3) is 11.0 Å². The van der Waals surface area contributed by atoms with Gasteiger partial charge in [0.2, 0.25) is 0 Å². The Morgan fingerprint density at radius 2 is 1.76 bits per heavy atom. The number of nitrogens with one attached hydrogen (secondary N) is 1. The Hall–Kier alpha value is -2.38. The minimum Gasteiger partial charge on any atom is -0.368 e. The molecule has 0 unspecified atom stereocenters. The molecule has 1 aliphatic heterocycles. The summed E-state index contributed by atoms with van der Waals surface area (Å²) in [6.45, 7) is 5.57. The summed E-state index contributed by atoms with van der Waals surface area (Å²) in [6.07, 6.45) is 3.28. The van der Waals surface area contributed by atoms with Crippen LogP contribution in [0.15, 0.2) is 53.7 Å². The number of anilines is 1. The standard InChI is InChI=1S/C18H20N4O2S/c1-14-2-4-15(5-3-14)25(23,24)22-11-7-16-17(6-8-20-18(16)22)21-12-9-19-10-13-21/h2-8,11,19H,9-10,12-13H2,1H3. The summed E-state index contributed by atoms with van der Waals surface area (Å²) < 4.78 is 27.3. The maximum absolute atomic E-state index is 13.0. The quantitative estimate of drug-likeness (QED) is 0.777. The Morgan fingerprint density at radius 3 is 2.48 bits per heavy atom. The third-order valence-electron chi connectivity index (χ3n) is 4.57. The van der Waals surface area contributed by atoms with Crippen molar-refractivity contribution in [2.45, 2.75) is 11.8 Å². The van der Waals surface area contributed by atoms with E-state index < -0.39 is 10.0 Å². The molecule has 0 atom stereocenters. The SMILES string of the molecule is Cc1ccc(S(=O)(=O)n2ccc3c(N4CCNCC4)ccnc32)cc1. The van der Waals surface area contributed by atoms with Crippen molar-refractivity contribution in [2.75, 3.05) is 31.1 Å². The lowest BCUT2D eigenvalue weighted by Gasteiger charge is -2.29. The summed E-state index contributed by atoms with van der Waals surface area (Å²) in [5, 5.41) is 4.19. The molecule has 2 aromatic heterocycles. The fraction of sp³-hybridized carbons (Fsp3) is 0.278. The van der Waals surface area contributed by atoms with Crippen LogP contribution >= 0.6 is 0 Å². The Morgan fingerprint density at radius 1 is 1.04 bits per heavy atom. The number of hydrogen-bond acceptors (Lipinski definition) is 5. The summed E-state index contributed by atoms with van der Waals surface area (Å²) in [4.78, 5) is 6.88. The molecule has 4 rings (SSSR count). The third kappa shape index (κ3) is 2.79. The van der Waals surface area contributed by atoms with Crippen molar-refractivity contribution in [1.82, 2.24) is 14.3 Å². The van der Waals surface area contributed by atoms with Gasteiger partial charge in [0.25, 0.3) is 10.0 Å². The minimum absolute atomic E-state index is 0.268. The molecule has 0 spiro atoms. The van der Waals surface area contributed by atoms with Crippen LogP contribution in [0.3, 0.4) is 0 Å². The molecule has 25 heavy (non-hydrogen) atoms. The van der Waals surface area contributed by atoms with Crippen LogP contribution in [0.1, 0.15) is 5.56 Å². The number of fused-ring (bicyclic) bond motifs is 1. The Bertz CT molecular complexity index is 1000. The van der Waals surface area contributed by atoms with Gasteiger partial charge in [-0.15, -0.1) is 0 Å². The topological polar surface area (TPSA) is 67.2 Å². The molecule has 1 aliphatic rings. The number of nitrogens with zero attached hydrogens (tertiary/aromatic N) is 3. The second kappa shape index (κ2) is 6.16. The first-order valence-corrected chi connectivity index (χ1v) is 9.75. The first-order chi connectivity index (χ1) is 12.1. The molecule has 0 amide bonds. The maximum Gasteiger partial charge on any atom is 0.269 e. The molecule has 1 fully saturated rings. The van der Waals surface area contributed by atoms with E-state index in [0.29, 0.717) is 5.65 Å². The van der Waals surface area contributed by atoms with Crippen LogP contribution in [-0.2, 0) is 10.0 Å². The van der Waals surface area contributed by atoms with Gasteiger partial charge in [0.15, 0.2) is 5.65 Å². The fourth-order valence-electron chi connectivity index (χ4n) is 3.20. The molecule has 130 valence electrons. The molecule has 1 saturated heterocycles. The lowest BCUT2D eigenvalue weighted by Crippen LogP contribution is -2.43. The highest BCUT2D eigenvalue weighted by Crippen LogP contribution is 2.29. The molecular formula is C18H20N4O2S. The van der Waals surface area contributed by atoms with E-state index in [4.69, 9.17) is 0 Å². The molecule has 0 aliphatic carbocycles. The zero-order valence-electron chi connectivity index (χ0n) is 14.0. The first kappa shape index (κ1) is 16.1. The molecular weight excluding hydrogens is 336 g/mol. The fourth-order valence-corrected chi connectivity index (χ4v) is 4.50. The van der Waals surface area contributed by atoms with E-state index in [2.05, 4.69) is 15.2 Å². The van der Waals surface area contributed by atoms with Crippen molar-refractivity contribution in [2.24, 2.45) is 0 Å². The average Bonchev–Trinajstić information content (AvgIpc) is 3.08. The van der Waals surface area contributed by atoms with Gasteiger partial charge in [-0.1, -0.05) is 17.7 Å². The number of pyridine rings is 1. The van der Waals surface area contributed by atoms with Gasteiger partial charge in [0.05, 0.1) is 4.90 Å². The maximum atomic E-state index is 13.0. The van der Waals surface area contributed by atoms with Gasteiger partial charge in [-0.2, -0.15) is 0 Å². The normalized spacial score (nSPS) is 15.6. The zero-order valence-corrected chi connectivity index (χ0v) is 14.8. The third-order valence-corrected chi connectivity index (χ3v) is 6.25. The van der Waals surface area contributed by atoms with Crippen LogP contribution < -0.4 is 10.2 Å². The predicted octanol–water partition coefficient (Wildman–Crippen LogP) is 1.99. The van der Waals surface area contributed by atoms with Gasteiger partial charge in [-0.05, 0) is 31.2 Å². The molecule has 3 heterocycles. The molecule has 1 N–H and O–H groups in total. The van der Waals surface area contributed by atoms with Crippen molar-refractivity contribution in [3.05, 3.63) is 54.4 Å². The molecule has 6 nitrogen and oxygen atoms in total. The zero-order chi connectivity index (χ0) is 17.4. The number of hydrogen-bond donors (Lipinski definition) is 1. The van der Waals surface area contributed by atoms with Crippen LogP contribution in [0.4, 0.5) is 5.69 Å². The van der Waals surface area contributed by atoms with E-state index >= 15 is 0 Å². The van der Waals surface area contributed by atoms with E-state index in [9.17, 15) is 8.42 Å². The van der Waals surface area contributed by atoms with Crippen molar-refractivity contribution in [3.63, 3.8) is 0 Å². The molecule has 3 aromatic rings. The molecule has 0 bridgehead atoms. The Balaban J connectivity index is 1.82. The van der Waals surface area contributed by atoms with Gasteiger partial charge in [-0.3, -0.25) is 0 Å². The average molecular weight is 356 g/mol. The molecule has 0 saturated carbocycles. The number of benzene rings is 1. The number of piperazine rings is 1. The Kier molecular flexibility index (Phi) is 3.97. The van der Waals surface area contributed by atoms with Gasteiger partial charge >= 0.3 is 0 Å². The first-order valence-electron chi connectivity index (χ1n) is 8.31. The van der Waals surface area contributed by atoms with Crippen molar-refractivity contribution in [1.29, 1.82) is 0 Å². The highest BCUT2D eigenvalue weighted by molar-refractivity contribution is 7.90. The predicted molar refractivity (Wildman–Crippen MR) is 98.6 cm³/mol. The molecule has 0 radical (unpaired) electrons. The van der Waals surface area contributed by atoms with Crippen LogP contribution in [0.2, 0.25) is 0 Å². The van der Waals surface area contributed by atoms with E-state index in [1.165, 1.54) is 3.97 Å². The van der Waals surface area contributed by atoms with Crippen LogP contribution in [-0.4, -0.2) is 43.6 Å². The smallest absolute Gasteiger partial charge is 0.269 e. The summed E-state index contributed by atoms with van der Waals surface area (Å²) in [5.41, 5.74) is 2.52. The Labute approximate surface area is 147 Å². The van der Waals surface area contributed by atoms with Gasteiger partial charge in [0, 0.05) is 49.6 Å². The summed E-state index contributed by atoms with van der Waals surface area (Å²) in [6, 6.07) is 10.7. The van der Waals surface area contributed by atoms with Crippen molar-refractivity contribution >= 4 is 26.7 Å². The second-order valence-corrected chi connectivity index (χ2v) is 8.05. The number of aromatic nitrogens is 2. The largest absolute Gasteiger partial charge is 0.368 e. The number of aryl methyl sites for hydroxylation is 1. The van der Waals surface area contributed by atoms with Gasteiger partial charge < -0.3 is 10.2 Å². The lowest BCUT2D eigenvalue weighted by molar-refractivity contribution is 0.588. The van der Waals surface area contributed by atoms with E-state index in [-0.39, 0.29) is 4.90 Å². The van der Waals surface area contributed by atoms with Crippen molar-refractivity contribution in [3.8, 4) is 0 Å². The molecule has 1 aromatic carbocycles. The highest BCUT2D eigenvalue weighted by atomic mass is 32.2.